The molecule has 0 radical (unpaired) electrons. The van der Waals surface area contributed by atoms with Crippen molar-refractivity contribution in [2.24, 2.45) is 35.0 Å². The number of nitrogens with zero attached hydrogens (tertiary/aromatic N) is 1. The molecule has 2 aromatic rings. The van der Waals surface area contributed by atoms with Crippen LogP contribution in [-0.4, -0.2) is 234 Å². The Labute approximate surface area is 589 Å². The number of rotatable bonds is 47. The fourth-order valence-electron chi connectivity index (χ4n) is 9.83. The summed E-state index contributed by atoms with van der Waals surface area (Å²) in [6, 6.07) is -13.7. The van der Waals surface area contributed by atoms with Crippen LogP contribution in [0, 0.1) is 17.8 Å². The van der Waals surface area contributed by atoms with Crippen molar-refractivity contribution in [3.05, 3.63) is 48.0 Å². The van der Waals surface area contributed by atoms with E-state index in [0.29, 0.717) is 17.7 Å². The number of primary amides is 1. The highest BCUT2D eigenvalue weighted by Crippen LogP contribution is 2.15. The fraction of sp³-hybridized carbons (Fsp3) is 0.625. The second-order valence-electron chi connectivity index (χ2n) is 25.9. The zero-order chi connectivity index (χ0) is 77.2. The molecule has 1 aromatic carbocycles. The fourth-order valence-corrected chi connectivity index (χ4v) is 9.83. The molecule has 570 valence electrons. The maximum atomic E-state index is 14.6. The normalized spacial score (nSPS) is 15.4. The van der Waals surface area contributed by atoms with E-state index < -0.39 is 225 Å². The van der Waals surface area contributed by atoms with Gasteiger partial charge < -0.3 is 117 Å². The summed E-state index contributed by atoms with van der Waals surface area (Å²) in [5, 5.41) is 89.2. The second kappa shape index (κ2) is 44.4. The first-order valence-corrected chi connectivity index (χ1v) is 33.3. The number of phenols is 1. The van der Waals surface area contributed by atoms with Gasteiger partial charge in [0.2, 0.25) is 76.8 Å². The third kappa shape index (κ3) is 32.2. The highest BCUT2D eigenvalue weighted by atomic mass is 16.4. The summed E-state index contributed by atoms with van der Waals surface area (Å²) in [5.41, 5.74) is 17.4. The number of unbranched alkanes of at least 4 members (excludes halogenated alkanes) is 1. The standard InChI is InChI=1S/C64H103N17O21/c1-30(2)22-42(76-53(90)33(7)71-61(98)50(67)34(8)83)58(95)81-52(35(9)84)63(100)75-41(18-20-49(88)89)56(93)79-46(28-82)60(97)77-43(24-36-13-15-38(85)16-14-36)59(96)80-51(32(5)6)62(99)74-39(12-10-11-21-65)55(92)78-44(25-37-26-68-29-70-37)57(94)73-40(17-19-47(66)86)54(91)69-27-48(87)72-45(64(101)102)23-31(3)4/h13-16,26,29-35,39-46,50-52,82-85H,10-12,17-25,27-28,65,67H2,1-9H3,(H2,66,86)(H,68,70)(H,69,91)(H,71,98)(H,72,87)(H,73,94)(H,74,99)(H,75,100)(H,76,90)(H,77,97)(H,78,92)(H,79,93)(H,80,96)(H,81,95)(H,88,89)(H,101,102)/t33-,34+,35+,39-,40-,41-,42-,43-,44-,45-,46-,50-,51-,52-/m0/s1. The lowest BCUT2D eigenvalue weighted by atomic mass is 9.99. The molecule has 38 heteroatoms. The van der Waals surface area contributed by atoms with E-state index in [1.807, 2.05) is 0 Å². The first-order chi connectivity index (χ1) is 47.8. The van der Waals surface area contributed by atoms with E-state index in [-0.39, 0.29) is 56.2 Å². The smallest absolute Gasteiger partial charge is 0.326 e. The molecule has 0 saturated carbocycles. The number of hydrogen-bond donors (Lipinski definition) is 22. The number of aromatic amines is 1. The highest BCUT2D eigenvalue weighted by molar-refractivity contribution is 6.00. The van der Waals surface area contributed by atoms with Crippen LogP contribution in [0.1, 0.15) is 131 Å². The highest BCUT2D eigenvalue weighted by Gasteiger charge is 2.38. The Morgan fingerprint density at radius 3 is 1.48 bits per heavy atom. The lowest BCUT2D eigenvalue weighted by Gasteiger charge is -2.29. The van der Waals surface area contributed by atoms with Crippen LogP contribution in [0.5, 0.6) is 5.75 Å². The number of phenolic OH excluding ortho intramolecular Hbond substituents is 1. The van der Waals surface area contributed by atoms with Crippen LogP contribution in [0.15, 0.2) is 36.8 Å². The summed E-state index contributed by atoms with van der Waals surface area (Å²) >= 11 is 0. The monoisotopic (exact) mass is 1450 g/mol. The number of aromatic nitrogens is 2. The minimum atomic E-state index is -1.98. The summed E-state index contributed by atoms with van der Waals surface area (Å²) in [6.07, 6.45) is -3.00. The van der Waals surface area contributed by atoms with E-state index in [9.17, 15) is 103 Å². The minimum Gasteiger partial charge on any atom is -0.508 e. The molecule has 0 spiro atoms. The molecule has 38 nitrogen and oxygen atoms in total. The molecule has 1 aromatic heterocycles. The molecule has 25 N–H and O–H groups in total. The average molecular weight is 1450 g/mol. The van der Waals surface area contributed by atoms with Crippen LogP contribution < -0.4 is 81.0 Å². The van der Waals surface area contributed by atoms with Crippen LogP contribution in [0.3, 0.4) is 0 Å². The summed E-state index contributed by atoms with van der Waals surface area (Å²) in [4.78, 5) is 208. The molecule has 13 amide bonds. The van der Waals surface area contributed by atoms with Crippen LogP contribution in [0.25, 0.3) is 0 Å². The Hall–Kier alpha value is -9.92. The number of nitrogens with two attached hydrogens (primary N) is 3. The first kappa shape index (κ1) is 88.2. The predicted molar refractivity (Wildman–Crippen MR) is 362 cm³/mol. The molecule has 0 aliphatic carbocycles. The zero-order valence-corrected chi connectivity index (χ0v) is 58.7. The molecule has 2 rings (SSSR count). The maximum Gasteiger partial charge on any atom is 0.326 e. The Morgan fingerprint density at radius 1 is 0.500 bits per heavy atom. The van der Waals surface area contributed by atoms with E-state index in [1.165, 1.54) is 64.5 Å². The molecule has 0 aliphatic heterocycles. The number of amides is 13. The van der Waals surface area contributed by atoms with E-state index >= 15 is 0 Å². The molecule has 0 unspecified atom stereocenters. The molecule has 0 aliphatic rings. The van der Waals surface area contributed by atoms with Gasteiger partial charge >= 0.3 is 11.9 Å². The van der Waals surface area contributed by atoms with Gasteiger partial charge in [-0.05, 0) is 108 Å². The van der Waals surface area contributed by atoms with E-state index in [2.05, 4.69) is 73.8 Å². The van der Waals surface area contributed by atoms with Gasteiger partial charge in [-0.1, -0.05) is 53.7 Å². The lowest BCUT2D eigenvalue weighted by molar-refractivity contribution is -0.142. The van der Waals surface area contributed by atoms with Crippen molar-refractivity contribution in [2.45, 2.75) is 218 Å². The van der Waals surface area contributed by atoms with Gasteiger partial charge in [0.25, 0.3) is 0 Å². The van der Waals surface area contributed by atoms with Gasteiger partial charge in [-0.2, -0.15) is 0 Å². The summed E-state index contributed by atoms with van der Waals surface area (Å²) in [6.45, 7) is 11.7. The van der Waals surface area contributed by atoms with E-state index in [4.69, 9.17) is 17.2 Å². The number of aromatic hydroxyl groups is 1. The number of benzene rings is 1. The number of carbonyl (C=O) groups excluding carboxylic acids is 13. The number of nitrogens with one attached hydrogen (secondary N) is 13. The van der Waals surface area contributed by atoms with Gasteiger partial charge in [0.15, 0.2) is 0 Å². The van der Waals surface area contributed by atoms with Crippen LogP contribution in [0.4, 0.5) is 0 Å². The SMILES string of the molecule is CC(C)C[C@H](NC(=O)CNC(=O)[C@H](CCC(N)=O)NC(=O)[C@H](Cc1cnc[nH]1)NC(=O)[C@H](CCCCN)NC(=O)[C@@H](NC(=O)[C@H](Cc1ccc(O)cc1)NC(=O)[C@H](CO)NC(=O)[C@H](CCC(=O)O)NC(=O)[C@@H](NC(=O)[C@H](CC(C)C)NC(=O)[C@H](C)NC(=O)[C@@H](N)[C@@H](C)O)[C@@H](C)O)C(C)C)C(=O)O. The number of imidazole rings is 1. The topological polar surface area (TPSA) is 629 Å². The number of carboxylic acids is 2. The van der Waals surface area contributed by atoms with E-state index in [1.54, 1.807) is 27.7 Å². The Morgan fingerprint density at radius 2 is 0.971 bits per heavy atom. The number of aliphatic hydroxyl groups is 3. The van der Waals surface area contributed by atoms with Crippen molar-refractivity contribution in [3.63, 3.8) is 0 Å². The van der Waals surface area contributed by atoms with E-state index in [0.717, 1.165) is 6.92 Å². The number of aliphatic carboxylic acids is 2. The predicted octanol–water partition coefficient (Wildman–Crippen LogP) is -6.46. The number of aliphatic hydroxyl groups excluding tert-OH is 3. The first-order valence-electron chi connectivity index (χ1n) is 33.3. The molecule has 0 bridgehead atoms. The van der Waals surface area contributed by atoms with Gasteiger partial charge in [-0.3, -0.25) is 67.1 Å². The summed E-state index contributed by atoms with van der Waals surface area (Å²) in [5.74, 6) is -17.5. The third-order valence-corrected chi connectivity index (χ3v) is 15.6. The van der Waals surface area contributed by atoms with Gasteiger partial charge in [-0.25, -0.2) is 9.78 Å². The minimum absolute atomic E-state index is 0.0538. The van der Waals surface area contributed by atoms with Crippen molar-refractivity contribution in [1.29, 1.82) is 0 Å². The number of hydrogen-bond acceptors (Lipinski definition) is 22. The lowest BCUT2D eigenvalue weighted by Crippen LogP contribution is -2.62. The third-order valence-electron chi connectivity index (χ3n) is 15.6. The number of carbonyl (C=O) groups is 15. The van der Waals surface area contributed by atoms with Gasteiger partial charge in [-0.15, -0.1) is 0 Å². The Bertz CT molecular complexity index is 3150. The largest absolute Gasteiger partial charge is 0.508 e. The van der Waals surface area contributed by atoms with Crippen LogP contribution >= 0.6 is 0 Å². The molecule has 0 saturated heterocycles. The van der Waals surface area contributed by atoms with Crippen molar-refractivity contribution in [3.8, 4) is 5.75 Å². The Kier molecular flexibility index (Phi) is 38.3. The van der Waals surface area contributed by atoms with Gasteiger partial charge in [0.05, 0.1) is 31.7 Å². The summed E-state index contributed by atoms with van der Waals surface area (Å²) in [7, 11) is 0. The van der Waals surface area contributed by atoms with Crippen LogP contribution in [-0.2, 0) is 84.8 Å². The quantitative estimate of drug-likeness (QED) is 0.0274. The summed E-state index contributed by atoms with van der Waals surface area (Å²) < 4.78 is 0. The van der Waals surface area contributed by atoms with Gasteiger partial charge in [0.1, 0.15) is 78.3 Å². The van der Waals surface area contributed by atoms with Crippen molar-refractivity contribution >= 4 is 88.7 Å². The second-order valence-corrected chi connectivity index (χ2v) is 25.9. The van der Waals surface area contributed by atoms with Crippen LogP contribution in [0.2, 0.25) is 0 Å². The molecule has 102 heavy (non-hydrogen) atoms. The van der Waals surface area contributed by atoms with Gasteiger partial charge in [0, 0.05) is 37.6 Å². The van der Waals surface area contributed by atoms with Crippen molar-refractivity contribution < 1.29 is 103 Å². The number of H-pyrrole nitrogens is 1. The molecule has 14 atom stereocenters. The maximum absolute atomic E-state index is 14.6. The van der Waals surface area contributed by atoms with Crippen molar-refractivity contribution in [1.82, 2.24) is 73.8 Å². The Balaban J connectivity index is 2.50. The average Bonchev–Trinajstić information content (AvgIpc) is 0.973. The molecule has 0 fully saturated rings. The molecular formula is C64H103N17O21. The van der Waals surface area contributed by atoms with Crippen molar-refractivity contribution in [2.75, 3.05) is 19.7 Å². The zero-order valence-electron chi connectivity index (χ0n) is 58.7. The molecule has 1 heterocycles. The molecular weight excluding hydrogens is 1340 g/mol. The number of carboxylic acid groups (broad SMARTS) is 2.